The number of rotatable bonds is 8. The second kappa shape index (κ2) is 21.7. The Balaban J connectivity index is -0.000000267. The fourth-order valence-electron chi connectivity index (χ4n) is 1.05. The van der Waals surface area contributed by atoms with Crippen molar-refractivity contribution in [1.82, 2.24) is 5.32 Å². The summed E-state index contributed by atoms with van der Waals surface area (Å²) >= 11 is 0. The van der Waals surface area contributed by atoms with Crippen LogP contribution in [-0.2, 0) is 13.8 Å². The smallest absolute Gasteiger partial charge is 0.329 e. The van der Waals surface area contributed by atoms with Gasteiger partial charge >= 0.3 is 8.60 Å². The molecular formula is C16H40NO5P. The largest absolute Gasteiger partial charge is 0.383 e. The zero-order valence-corrected chi connectivity index (χ0v) is 17.7. The molecule has 0 aliphatic carbocycles. The Bertz CT molecular complexity index is 241. The molecule has 0 heterocycles. The predicted molar refractivity (Wildman–Crippen MR) is 99.2 cm³/mol. The average Bonchev–Trinajstić information content (AvgIpc) is 2.61. The second-order valence-electron chi connectivity index (χ2n) is 4.38. The fourth-order valence-corrected chi connectivity index (χ4v) is 1.60. The molecule has 0 saturated heterocycles. The van der Waals surface area contributed by atoms with Gasteiger partial charge in [-0.25, -0.2) is 0 Å². The van der Waals surface area contributed by atoms with Crippen molar-refractivity contribution in [3.8, 4) is 0 Å². The first-order valence-corrected chi connectivity index (χ1v) is 9.60. The maximum atomic E-state index is 11.6. The maximum absolute atomic E-state index is 11.6. The van der Waals surface area contributed by atoms with Crippen molar-refractivity contribution in [3.05, 3.63) is 0 Å². The Kier molecular flexibility index (Phi) is 28.9. The fraction of sp³-hybridized carbons (Fsp3) is 0.938. The van der Waals surface area contributed by atoms with E-state index in [2.05, 4.69) is 9.84 Å². The van der Waals surface area contributed by atoms with Crippen molar-refractivity contribution in [3.63, 3.8) is 0 Å². The molecule has 6 nitrogen and oxygen atoms in total. The van der Waals surface area contributed by atoms with Crippen molar-refractivity contribution in [2.75, 3.05) is 20.3 Å². The van der Waals surface area contributed by atoms with Gasteiger partial charge in [-0.1, -0.05) is 62.3 Å². The Morgan fingerprint density at radius 3 is 1.96 bits per heavy atom. The lowest BCUT2D eigenvalue weighted by Crippen LogP contribution is -2.45. The van der Waals surface area contributed by atoms with Crippen molar-refractivity contribution in [2.24, 2.45) is 5.41 Å². The molecule has 0 spiro atoms. The van der Waals surface area contributed by atoms with Crippen LogP contribution >= 0.6 is 8.60 Å². The van der Waals surface area contributed by atoms with Crippen LogP contribution in [-0.4, -0.2) is 42.3 Å². The third-order valence-corrected chi connectivity index (χ3v) is 2.90. The van der Waals surface area contributed by atoms with Crippen LogP contribution in [0.4, 0.5) is 0 Å². The molecule has 0 aliphatic rings. The van der Waals surface area contributed by atoms with E-state index < -0.39 is 26.0 Å². The van der Waals surface area contributed by atoms with E-state index in [1.807, 2.05) is 48.5 Å². The number of nitrogens with one attached hydrogen (secondary N) is 1. The standard InChI is InChI=1S/C10H22NO5P.3C2H6/c1-5-6-11-9(13)8(12)10(2,3)7-16-17(14)15-4;3*1-2/h8,12,14H,5-7H2,1-4H3,(H,11,13);3*1-2H3. The molecule has 0 aliphatic heterocycles. The summed E-state index contributed by atoms with van der Waals surface area (Å²) in [6.07, 6.45) is -0.379. The molecule has 0 rings (SSSR count). The highest BCUT2D eigenvalue weighted by Gasteiger charge is 2.34. The van der Waals surface area contributed by atoms with Gasteiger partial charge in [0.15, 0.2) is 0 Å². The predicted octanol–water partition coefficient (Wildman–Crippen LogP) is 3.86. The van der Waals surface area contributed by atoms with Gasteiger partial charge in [0, 0.05) is 19.1 Å². The van der Waals surface area contributed by atoms with Crippen molar-refractivity contribution in [2.45, 2.75) is 74.8 Å². The van der Waals surface area contributed by atoms with Crippen LogP contribution in [0.15, 0.2) is 0 Å². The monoisotopic (exact) mass is 357 g/mol. The number of aliphatic hydroxyl groups is 1. The van der Waals surface area contributed by atoms with Gasteiger partial charge in [0.05, 0.1) is 6.61 Å². The summed E-state index contributed by atoms with van der Waals surface area (Å²) in [4.78, 5) is 20.7. The van der Waals surface area contributed by atoms with Crippen LogP contribution in [0.3, 0.4) is 0 Å². The first-order chi connectivity index (χ1) is 10.8. The Morgan fingerprint density at radius 1 is 1.17 bits per heavy atom. The lowest BCUT2D eigenvalue weighted by molar-refractivity contribution is -0.136. The summed E-state index contributed by atoms with van der Waals surface area (Å²) in [7, 11) is -0.618. The molecular weight excluding hydrogens is 317 g/mol. The highest BCUT2D eigenvalue weighted by atomic mass is 31.2. The van der Waals surface area contributed by atoms with E-state index in [-0.39, 0.29) is 6.61 Å². The van der Waals surface area contributed by atoms with Crippen LogP contribution in [0.25, 0.3) is 0 Å². The van der Waals surface area contributed by atoms with Gasteiger partial charge in [0.25, 0.3) is 0 Å². The molecule has 2 unspecified atom stereocenters. The minimum Gasteiger partial charge on any atom is -0.383 e. The number of amides is 1. The van der Waals surface area contributed by atoms with Gasteiger partial charge in [-0.05, 0) is 6.42 Å². The second-order valence-corrected chi connectivity index (χ2v) is 5.48. The summed E-state index contributed by atoms with van der Waals surface area (Å²) in [5.74, 6) is -0.430. The summed E-state index contributed by atoms with van der Waals surface area (Å²) < 4.78 is 9.56. The van der Waals surface area contributed by atoms with Gasteiger partial charge in [-0.15, -0.1) is 0 Å². The lowest BCUT2D eigenvalue weighted by atomic mass is 9.87. The number of aliphatic hydroxyl groups excluding tert-OH is 1. The first-order valence-electron chi connectivity index (χ1n) is 8.47. The van der Waals surface area contributed by atoms with Crippen LogP contribution in [0.1, 0.15) is 68.7 Å². The molecule has 7 heteroatoms. The van der Waals surface area contributed by atoms with E-state index in [4.69, 9.17) is 9.42 Å². The van der Waals surface area contributed by atoms with E-state index in [1.165, 1.54) is 7.11 Å². The van der Waals surface area contributed by atoms with Gasteiger partial charge in [-0.3, -0.25) is 4.79 Å². The minimum atomic E-state index is -1.94. The zero-order valence-electron chi connectivity index (χ0n) is 16.8. The van der Waals surface area contributed by atoms with Crippen molar-refractivity contribution >= 4 is 14.5 Å². The molecule has 0 aromatic rings. The normalized spacial score (nSPS) is 12.2. The average molecular weight is 357 g/mol. The van der Waals surface area contributed by atoms with Crippen LogP contribution in [0.5, 0.6) is 0 Å². The quantitative estimate of drug-likeness (QED) is 0.574. The van der Waals surface area contributed by atoms with Gasteiger partial charge in [0.1, 0.15) is 6.10 Å². The molecule has 2 atom stereocenters. The first kappa shape index (κ1) is 30.6. The molecule has 0 radical (unpaired) electrons. The Hall–Kier alpha value is -0.260. The third kappa shape index (κ3) is 17.9. The van der Waals surface area contributed by atoms with Gasteiger partial charge in [0.2, 0.25) is 5.91 Å². The third-order valence-electron chi connectivity index (χ3n) is 2.24. The van der Waals surface area contributed by atoms with Crippen molar-refractivity contribution < 1.29 is 23.8 Å². The summed E-state index contributed by atoms with van der Waals surface area (Å²) in [5, 5.41) is 12.5. The molecule has 0 bridgehead atoms. The number of carbonyl (C=O) groups excluding carboxylic acids is 1. The SMILES string of the molecule is CC.CC.CC.CCCNC(=O)C(O)C(C)(C)COP(O)OC. The van der Waals surface area contributed by atoms with Crippen LogP contribution < -0.4 is 5.32 Å². The van der Waals surface area contributed by atoms with E-state index >= 15 is 0 Å². The topological polar surface area (TPSA) is 88.0 Å². The molecule has 0 aromatic carbocycles. The van der Waals surface area contributed by atoms with Gasteiger partial charge in [-0.2, -0.15) is 0 Å². The molecule has 0 saturated carbocycles. The van der Waals surface area contributed by atoms with Crippen molar-refractivity contribution in [1.29, 1.82) is 0 Å². The summed E-state index contributed by atoms with van der Waals surface area (Å²) in [5.41, 5.74) is -0.792. The molecule has 0 aromatic heterocycles. The minimum absolute atomic E-state index is 0.0315. The Labute approximate surface area is 145 Å². The number of hydrogen-bond donors (Lipinski definition) is 3. The van der Waals surface area contributed by atoms with E-state index in [0.29, 0.717) is 6.54 Å². The zero-order chi connectivity index (χ0) is 19.5. The van der Waals surface area contributed by atoms with Crippen LogP contribution in [0.2, 0.25) is 0 Å². The maximum Gasteiger partial charge on any atom is 0.329 e. The molecule has 144 valence electrons. The molecule has 0 fully saturated rings. The Morgan fingerprint density at radius 2 is 1.61 bits per heavy atom. The molecule has 3 N–H and O–H groups in total. The van der Waals surface area contributed by atoms with E-state index in [0.717, 1.165) is 6.42 Å². The highest BCUT2D eigenvalue weighted by Crippen LogP contribution is 2.35. The number of carbonyl (C=O) groups is 1. The summed E-state index contributed by atoms with van der Waals surface area (Å²) in [6.45, 7) is 17.9. The molecule has 23 heavy (non-hydrogen) atoms. The van der Waals surface area contributed by atoms with E-state index in [1.54, 1.807) is 13.8 Å². The summed E-state index contributed by atoms with van der Waals surface area (Å²) in [6, 6.07) is 0. The van der Waals surface area contributed by atoms with Crippen LogP contribution in [0, 0.1) is 5.41 Å². The highest BCUT2D eigenvalue weighted by molar-refractivity contribution is 7.40. The van der Waals surface area contributed by atoms with E-state index in [9.17, 15) is 9.90 Å². The molecule has 1 amide bonds. The van der Waals surface area contributed by atoms with Gasteiger partial charge < -0.3 is 24.4 Å². The number of hydrogen-bond acceptors (Lipinski definition) is 5. The lowest BCUT2D eigenvalue weighted by Gasteiger charge is -2.29.